The van der Waals surface area contributed by atoms with Crippen molar-refractivity contribution < 1.29 is 4.42 Å². The monoisotopic (exact) mass is 510 g/mol. The number of aliphatic imine (C=N–C) groups is 1. The quantitative estimate of drug-likeness (QED) is 0.329. The Hall–Kier alpha value is -2.14. The second-order valence-corrected chi connectivity index (χ2v) is 7.32. The first-order valence-electron chi connectivity index (χ1n) is 8.90. The molecule has 0 radical (unpaired) electrons. The number of hydrogen-bond acceptors (Lipinski definition) is 6. The molecule has 1 aliphatic heterocycles. The average molecular weight is 510 g/mol. The fourth-order valence-electron chi connectivity index (χ4n) is 2.98. The van der Waals surface area contributed by atoms with E-state index in [9.17, 15) is 0 Å². The number of oxazole rings is 1. The van der Waals surface area contributed by atoms with Crippen LogP contribution in [0, 0.1) is 6.92 Å². The molecule has 0 atom stereocenters. The van der Waals surface area contributed by atoms with Crippen LogP contribution in [-0.2, 0) is 6.54 Å². The molecule has 9 heteroatoms. The van der Waals surface area contributed by atoms with E-state index in [1.807, 2.05) is 23.7 Å². The summed E-state index contributed by atoms with van der Waals surface area (Å²) < 4.78 is 5.81. The first kappa shape index (κ1) is 20.6. The van der Waals surface area contributed by atoms with Gasteiger partial charge in [0.25, 0.3) is 0 Å². The number of benzene rings is 1. The number of rotatable bonds is 4. The molecule has 1 saturated heterocycles. The fraction of sp³-hybridized carbons (Fsp3) is 0.316. The summed E-state index contributed by atoms with van der Waals surface area (Å²) >= 11 is 1.66. The maximum atomic E-state index is 6.17. The fourth-order valence-corrected chi connectivity index (χ4v) is 3.68. The van der Waals surface area contributed by atoms with Crippen molar-refractivity contribution in [3.8, 4) is 11.3 Å². The van der Waals surface area contributed by atoms with Crippen molar-refractivity contribution >= 4 is 46.4 Å². The molecule has 1 aliphatic rings. The normalized spacial score (nSPS) is 14.8. The van der Waals surface area contributed by atoms with Crippen LogP contribution < -0.4 is 10.6 Å². The molecule has 0 saturated carbocycles. The van der Waals surface area contributed by atoms with E-state index in [4.69, 9.17) is 10.2 Å². The van der Waals surface area contributed by atoms with Crippen molar-refractivity contribution in [3.05, 3.63) is 53.5 Å². The highest BCUT2D eigenvalue weighted by molar-refractivity contribution is 14.0. The lowest BCUT2D eigenvalue weighted by molar-refractivity contribution is 0.379. The van der Waals surface area contributed by atoms with Gasteiger partial charge in [0, 0.05) is 43.3 Å². The zero-order chi connectivity index (χ0) is 18.6. The molecule has 28 heavy (non-hydrogen) atoms. The number of anilines is 1. The summed E-state index contributed by atoms with van der Waals surface area (Å²) in [7, 11) is 0. The summed E-state index contributed by atoms with van der Waals surface area (Å²) in [6.45, 7) is 5.83. The molecular weight excluding hydrogens is 487 g/mol. The number of thiazole rings is 1. The van der Waals surface area contributed by atoms with Gasteiger partial charge in [-0.15, -0.1) is 35.3 Å². The van der Waals surface area contributed by atoms with Gasteiger partial charge in [0.2, 0.25) is 5.89 Å². The summed E-state index contributed by atoms with van der Waals surface area (Å²) in [5, 5.41) is 3.06. The first-order valence-corrected chi connectivity index (χ1v) is 9.78. The predicted molar refractivity (Wildman–Crippen MR) is 123 cm³/mol. The van der Waals surface area contributed by atoms with Gasteiger partial charge in [0.05, 0.1) is 6.20 Å². The Bertz CT molecular complexity index is 901. The van der Waals surface area contributed by atoms with Crippen molar-refractivity contribution in [3.63, 3.8) is 0 Å². The summed E-state index contributed by atoms with van der Waals surface area (Å²) in [6, 6.07) is 8.16. The molecule has 3 heterocycles. The maximum Gasteiger partial charge on any atom is 0.216 e. The van der Waals surface area contributed by atoms with Crippen LogP contribution >= 0.6 is 35.3 Å². The molecule has 0 spiro atoms. The molecule has 3 aromatic rings. The highest BCUT2D eigenvalue weighted by Gasteiger charge is 2.20. The molecule has 148 valence electrons. The largest absolute Gasteiger partial charge is 0.439 e. The van der Waals surface area contributed by atoms with Crippen LogP contribution in [0.5, 0.6) is 0 Å². The van der Waals surface area contributed by atoms with Gasteiger partial charge in [0.15, 0.2) is 16.9 Å². The second-order valence-electron chi connectivity index (χ2n) is 6.45. The Kier molecular flexibility index (Phi) is 6.89. The molecule has 0 unspecified atom stereocenters. The molecule has 2 N–H and O–H groups in total. The Labute approximate surface area is 185 Å². The standard InChI is InChI=1S/C19H22N6OS.HI/c1-14-2-4-15(5-3-14)16-12-22-17(26-16)13-23-18(20)24-7-9-25(10-8-24)19-21-6-11-27-19;/h2-6,11-12H,7-10,13H2,1H3,(H2,20,23);1H. The van der Waals surface area contributed by atoms with Gasteiger partial charge in [-0.05, 0) is 6.92 Å². The van der Waals surface area contributed by atoms with Crippen molar-refractivity contribution in [2.24, 2.45) is 10.7 Å². The smallest absolute Gasteiger partial charge is 0.216 e. The number of guanidine groups is 1. The van der Waals surface area contributed by atoms with Crippen LogP contribution in [-0.4, -0.2) is 47.0 Å². The van der Waals surface area contributed by atoms with E-state index in [2.05, 4.69) is 43.8 Å². The maximum absolute atomic E-state index is 6.17. The summed E-state index contributed by atoms with van der Waals surface area (Å²) in [4.78, 5) is 17.5. The highest BCUT2D eigenvalue weighted by atomic mass is 127. The highest BCUT2D eigenvalue weighted by Crippen LogP contribution is 2.21. The van der Waals surface area contributed by atoms with E-state index >= 15 is 0 Å². The molecule has 4 rings (SSSR count). The van der Waals surface area contributed by atoms with E-state index in [0.29, 0.717) is 18.4 Å². The minimum absolute atomic E-state index is 0. The van der Waals surface area contributed by atoms with Gasteiger partial charge in [-0.25, -0.2) is 15.0 Å². The summed E-state index contributed by atoms with van der Waals surface area (Å²) in [6.07, 6.45) is 3.57. The Morgan fingerprint density at radius 3 is 2.61 bits per heavy atom. The molecule has 0 amide bonds. The van der Waals surface area contributed by atoms with Crippen molar-refractivity contribution in [1.29, 1.82) is 0 Å². The summed E-state index contributed by atoms with van der Waals surface area (Å²) in [5.41, 5.74) is 8.39. The van der Waals surface area contributed by atoms with Crippen LogP contribution in [0.1, 0.15) is 11.5 Å². The molecule has 0 bridgehead atoms. The van der Waals surface area contributed by atoms with Gasteiger partial charge in [-0.1, -0.05) is 29.8 Å². The zero-order valence-electron chi connectivity index (χ0n) is 15.6. The van der Waals surface area contributed by atoms with E-state index < -0.39 is 0 Å². The van der Waals surface area contributed by atoms with Gasteiger partial charge in [-0.3, -0.25) is 0 Å². The molecule has 0 aliphatic carbocycles. The Morgan fingerprint density at radius 2 is 1.93 bits per heavy atom. The number of halogens is 1. The van der Waals surface area contributed by atoms with Gasteiger partial charge >= 0.3 is 0 Å². The lowest BCUT2D eigenvalue weighted by atomic mass is 10.1. The van der Waals surface area contributed by atoms with Crippen molar-refractivity contribution in [1.82, 2.24) is 14.9 Å². The molecule has 7 nitrogen and oxygen atoms in total. The third-order valence-corrected chi connectivity index (χ3v) is 5.39. The van der Waals surface area contributed by atoms with Gasteiger partial charge in [-0.2, -0.15) is 0 Å². The molecule has 1 aromatic carbocycles. The van der Waals surface area contributed by atoms with Crippen LogP contribution in [0.3, 0.4) is 0 Å². The van der Waals surface area contributed by atoms with E-state index in [1.54, 1.807) is 17.5 Å². The third kappa shape index (κ3) is 4.82. The van der Waals surface area contributed by atoms with Crippen LogP contribution in [0.15, 0.2) is 51.4 Å². The SMILES string of the molecule is Cc1ccc(-c2cnc(CN=C(N)N3CCN(c4nccs4)CC3)o2)cc1.I. The van der Waals surface area contributed by atoms with Crippen molar-refractivity contribution in [2.45, 2.75) is 13.5 Å². The number of nitrogens with two attached hydrogens (primary N) is 1. The topological polar surface area (TPSA) is 83.8 Å². The molecule has 1 fully saturated rings. The van der Waals surface area contributed by atoms with Crippen LogP contribution in [0.25, 0.3) is 11.3 Å². The minimum Gasteiger partial charge on any atom is -0.439 e. The third-order valence-electron chi connectivity index (χ3n) is 4.56. The lowest BCUT2D eigenvalue weighted by Crippen LogP contribution is -2.51. The van der Waals surface area contributed by atoms with Gasteiger partial charge in [0.1, 0.15) is 6.54 Å². The van der Waals surface area contributed by atoms with Crippen LogP contribution in [0.2, 0.25) is 0 Å². The zero-order valence-corrected chi connectivity index (χ0v) is 18.8. The molecule has 2 aromatic heterocycles. The average Bonchev–Trinajstić information content (AvgIpc) is 3.39. The first-order chi connectivity index (χ1) is 13.2. The van der Waals surface area contributed by atoms with E-state index in [-0.39, 0.29) is 24.0 Å². The van der Waals surface area contributed by atoms with Gasteiger partial charge < -0.3 is 20.0 Å². The van der Waals surface area contributed by atoms with E-state index in [0.717, 1.165) is 42.6 Å². The minimum atomic E-state index is 0. The predicted octanol–water partition coefficient (Wildman–Crippen LogP) is 3.36. The molecular formula is C19H23IN6OS. The van der Waals surface area contributed by atoms with Crippen molar-refractivity contribution in [2.75, 3.05) is 31.1 Å². The number of aryl methyl sites for hydroxylation is 1. The lowest BCUT2D eigenvalue weighted by Gasteiger charge is -2.35. The van der Waals surface area contributed by atoms with E-state index in [1.165, 1.54) is 5.56 Å². The Balaban J connectivity index is 0.00000225. The van der Waals surface area contributed by atoms with Crippen LogP contribution in [0.4, 0.5) is 5.13 Å². The Morgan fingerprint density at radius 1 is 1.18 bits per heavy atom. The number of nitrogens with zero attached hydrogens (tertiary/aromatic N) is 5. The second kappa shape index (κ2) is 9.37. The number of hydrogen-bond donors (Lipinski definition) is 1. The summed E-state index contributed by atoms with van der Waals surface area (Å²) in [5.74, 6) is 1.84. The number of aromatic nitrogens is 2. The number of piperazine rings is 1.